The van der Waals surface area contributed by atoms with Crippen molar-refractivity contribution in [2.24, 2.45) is 13.0 Å². The zero-order valence-electron chi connectivity index (χ0n) is 16.6. The van der Waals surface area contributed by atoms with E-state index in [4.69, 9.17) is 4.98 Å². The molecule has 1 fully saturated rings. The van der Waals surface area contributed by atoms with Crippen molar-refractivity contribution in [3.63, 3.8) is 0 Å². The topological polar surface area (TPSA) is 50.2 Å². The summed E-state index contributed by atoms with van der Waals surface area (Å²) in [6.45, 7) is 4.57. The van der Waals surface area contributed by atoms with Crippen molar-refractivity contribution in [1.29, 1.82) is 0 Å². The van der Waals surface area contributed by atoms with Gasteiger partial charge < -0.3 is 14.8 Å². The number of nitrogens with zero attached hydrogens (tertiary/aromatic N) is 3. The van der Waals surface area contributed by atoms with Gasteiger partial charge in [-0.25, -0.2) is 4.98 Å². The van der Waals surface area contributed by atoms with Gasteiger partial charge in [0, 0.05) is 32.6 Å². The highest BCUT2D eigenvalue weighted by molar-refractivity contribution is 5.80. The molecular formula is C23H28N4O. The van der Waals surface area contributed by atoms with E-state index in [1.807, 2.05) is 36.4 Å². The van der Waals surface area contributed by atoms with E-state index in [1.54, 1.807) is 0 Å². The summed E-state index contributed by atoms with van der Waals surface area (Å²) in [5, 5.41) is 3.16. The van der Waals surface area contributed by atoms with Crippen molar-refractivity contribution in [2.75, 3.05) is 24.5 Å². The molecule has 28 heavy (non-hydrogen) atoms. The first-order valence-corrected chi connectivity index (χ1v) is 10.1. The lowest BCUT2D eigenvalue weighted by atomic mass is 9.95. The van der Waals surface area contributed by atoms with Crippen LogP contribution in [0.5, 0.6) is 0 Å². The first kappa shape index (κ1) is 18.5. The number of anilines is 1. The number of benzene rings is 2. The molecule has 1 aromatic heterocycles. The van der Waals surface area contributed by atoms with Gasteiger partial charge in [-0.3, -0.25) is 4.79 Å². The smallest absolute Gasteiger partial charge is 0.223 e. The summed E-state index contributed by atoms with van der Waals surface area (Å²) in [5.74, 6) is 1.60. The monoisotopic (exact) mass is 376 g/mol. The summed E-state index contributed by atoms with van der Waals surface area (Å²) in [7, 11) is 2.06. The highest BCUT2D eigenvalue weighted by Gasteiger charge is 2.27. The summed E-state index contributed by atoms with van der Waals surface area (Å²) in [5.41, 5.74) is 3.43. The molecule has 146 valence electrons. The number of nitrogens with one attached hydrogen (secondary N) is 1. The van der Waals surface area contributed by atoms with Crippen LogP contribution in [0.1, 0.15) is 31.2 Å². The van der Waals surface area contributed by atoms with Crippen LogP contribution in [-0.4, -0.2) is 35.1 Å². The van der Waals surface area contributed by atoms with Gasteiger partial charge in [-0.15, -0.1) is 0 Å². The minimum atomic E-state index is 0.0916. The molecule has 2 aromatic carbocycles. The number of carbonyl (C=O) groups is 1. The van der Waals surface area contributed by atoms with E-state index < -0.39 is 0 Å². The number of fused-ring (bicyclic) bond motifs is 1. The second kappa shape index (κ2) is 8.05. The van der Waals surface area contributed by atoms with Crippen molar-refractivity contribution >= 4 is 22.9 Å². The third kappa shape index (κ3) is 3.75. The molecule has 1 amide bonds. The van der Waals surface area contributed by atoms with Crippen LogP contribution < -0.4 is 10.2 Å². The number of imidazole rings is 1. The first-order chi connectivity index (χ1) is 13.6. The Bertz CT molecular complexity index is 942. The average molecular weight is 377 g/mol. The number of hydrogen-bond donors (Lipinski definition) is 1. The molecule has 0 bridgehead atoms. The van der Waals surface area contributed by atoms with Gasteiger partial charge in [0.1, 0.15) is 0 Å². The third-order valence-corrected chi connectivity index (χ3v) is 5.86. The second-order valence-corrected chi connectivity index (χ2v) is 7.78. The van der Waals surface area contributed by atoms with Gasteiger partial charge in [0.15, 0.2) is 0 Å². The first-order valence-electron chi connectivity index (χ1n) is 10.1. The minimum Gasteiger partial charge on any atom is -0.355 e. The largest absolute Gasteiger partial charge is 0.355 e. The molecule has 0 radical (unpaired) electrons. The summed E-state index contributed by atoms with van der Waals surface area (Å²) < 4.78 is 2.15. The van der Waals surface area contributed by atoms with Crippen molar-refractivity contribution in [2.45, 2.75) is 25.7 Å². The molecule has 4 rings (SSSR count). The van der Waals surface area contributed by atoms with Crippen molar-refractivity contribution in [3.05, 3.63) is 60.2 Å². The second-order valence-electron chi connectivity index (χ2n) is 7.78. The number of hydrogen-bond acceptors (Lipinski definition) is 3. The van der Waals surface area contributed by atoms with Gasteiger partial charge in [-0.2, -0.15) is 0 Å². The molecule has 3 aromatic rings. The number of carbonyl (C=O) groups excluding carboxylic acids is 1. The quantitative estimate of drug-likeness (QED) is 0.738. The average Bonchev–Trinajstić information content (AvgIpc) is 3.09. The third-order valence-electron chi connectivity index (χ3n) is 5.86. The van der Waals surface area contributed by atoms with Crippen LogP contribution in [0.25, 0.3) is 11.0 Å². The predicted octanol–water partition coefficient (Wildman–Crippen LogP) is 3.71. The molecule has 0 saturated carbocycles. The number of piperidine rings is 1. The van der Waals surface area contributed by atoms with Crippen LogP contribution in [0.4, 0.5) is 5.95 Å². The lowest BCUT2D eigenvalue weighted by Crippen LogP contribution is -2.42. The van der Waals surface area contributed by atoms with Gasteiger partial charge in [-0.05, 0) is 36.5 Å². The standard InChI is InChI=1S/C23H28N4O/c1-17(18-8-4-3-5-9-18)16-24-22(28)19-12-14-27(15-13-19)23-25-20-10-6-7-11-21(20)26(23)2/h3-11,17,19H,12-16H2,1-2H3,(H,24,28). The summed E-state index contributed by atoms with van der Waals surface area (Å²) in [4.78, 5) is 19.7. The number of amides is 1. The van der Waals surface area contributed by atoms with Crippen LogP contribution >= 0.6 is 0 Å². The molecule has 1 atom stereocenters. The Morgan fingerprint density at radius 3 is 2.50 bits per heavy atom. The van der Waals surface area contributed by atoms with E-state index in [2.05, 4.69) is 47.0 Å². The van der Waals surface area contributed by atoms with Crippen molar-refractivity contribution in [1.82, 2.24) is 14.9 Å². The van der Waals surface area contributed by atoms with E-state index in [9.17, 15) is 4.79 Å². The Balaban J connectivity index is 1.32. The van der Waals surface area contributed by atoms with Gasteiger partial charge in [-0.1, -0.05) is 49.4 Å². The van der Waals surface area contributed by atoms with Gasteiger partial charge in [0.25, 0.3) is 0 Å². The SMILES string of the molecule is CC(CNC(=O)C1CCN(c2nc3ccccc3n2C)CC1)c1ccccc1. The van der Waals surface area contributed by atoms with E-state index in [-0.39, 0.29) is 11.8 Å². The van der Waals surface area contributed by atoms with Crippen molar-refractivity contribution in [3.8, 4) is 0 Å². The Morgan fingerprint density at radius 1 is 1.11 bits per heavy atom. The highest BCUT2D eigenvalue weighted by atomic mass is 16.1. The Morgan fingerprint density at radius 2 is 1.79 bits per heavy atom. The molecule has 2 heterocycles. The molecular weight excluding hydrogens is 348 g/mol. The van der Waals surface area contributed by atoms with Crippen LogP contribution in [0, 0.1) is 5.92 Å². The molecule has 0 spiro atoms. The Labute approximate surface area is 166 Å². The molecule has 1 unspecified atom stereocenters. The molecule has 1 saturated heterocycles. The van der Waals surface area contributed by atoms with E-state index in [0.717, 1.165) is 42.9 Å². The van der Waals surface area contributed by atoms with E-state index >= 15 is 0 Å². The van der Waals surface area contributed by atoms with Crippen LogP contribution in [0.3, 0.4) is 0 Å². The maximum atomic E-state index is 12.6. The lowest BCUT2D eigenvalue weighted by molar-refractivity contribution is -0.125. The molecule has 1 N–H and O–H groups in total. The summed E-state index contributed by atoms with van der Waals surface area (Å²) in [6, 6.07) is 18.6. The fraction of sp³-hybridized carbons (Fsp3) is 0.391. The molecule has 5 nitrogen and oxygen atoms in total. The minimum absolute atomic E-state index is 0.0916. The Hall–Kier alpha value is -2.82. The van der Waals surface area contributed by atoms with Crippen LogP contribution in [0.2, 0.25) is 0 Å². The normalized spacial score (nSPS) is 16.3. The summed E-state index contributed by atoms with van der Waals surface area (Å²) >= 11 is 0. The molecule has 0 aliphatic carbocycles. The zero-order valence-corrected chi connectivity index (χ0v) is 16.6. The van der Waals surface area contributed by atoms with E-state index in [1.165, 1.54) is 5.56 Å². The summed E-state index contributed by atoms with van der Waals surface area (Å²) in [6.07, 6.45) is 1.74. The van der Waals surface area contributed by atoms with Crippen molar-refractivity contribution < 1.29 is 4.79 Å². The Kier molecular flexibility index (Phi) is 5.33. The maximum absolute atomic E-state index is 12.6. The molecule has 1 aliphatic rings. The van der Waals surface area contributed by atoms with Crippen LogP contribution in [0.15, 0.2) is 54.6 Å². The lowest BCUT2D eigenvalue weighted by Gasteiger charge is -2.32. The van der Waals surface area contributed by atoms with Gasteiger partial charge >= 0.3 is 0 Å². The predicted molar refractivity (Wildman–Crippen MR) is 114 cm³/mol. The van der Waals surface area contributed by atoms with E-state index in [0.29, 0.717) is 12.5 Å². The number of rotatable bonds is 5. The van der Waals surface area contributed by atoms with Gasteiger partial charge in [0.05, 0.1) is 11.0 Å². The maximum Gasteiger partial charge on any atom is 0.223 e. The fourth-order valence-corrected chi connectivity index (χ4v) is 4.05. The zero-order chi connectivity index (χ0) is 19.5. The number of para-hydroxylation sites is 2. The molecule has 1 aliphatic heterocycles. The fourth-order valence-electron chi connectivity index (χ4n) is 4.05. The molecule has 5 heteroatoms. The highest BCUT2D eigenvalue weighted by Crippen LogP contribution is 2.26. The van der Waals surface area contributed by atoms with Gasteiger partial charge in [0.2, 0.25) is 11.9 Å². The number of aromatic nitrogens is 2. The van der Waals surface area contributed by atoms with Crippen LogP contribution in [-0.2, 0) is 11.8 Å². The number of aryl methyl sites for hydroxylation is 1.